The van der Waals surface area contributed by atoms with Crippen LogP contribution < -0.4 is 16.0 Å². The zero-order valence-electron chi connectivity index (χ0n) is 22.2. The van der Waals surface area contributed by atoms with Gasteiger partial charge in [-0.25, -0.2) is 14.3 Å². The maximum absolute atomic E-state index is 12.9. The number of nitrogens with one attached hydrogen (secondary N) is 3. The minimum absolute atomic E-state index is 0.204. The lowest BCUT2D eigenvalue weighted by molar-refractivity contribution is 0.102. The minimum Gasteiger partial charge on any atom is -0.338 e. The fourth-order valence-corrected chi connectivity index (χ4v) is 4.05. The molecule has 4 aromatic rings. The van der Waals surface area contributed by atoms with Crippen molar-refractivity contribution >= 4 is 34.5 Å². The van der Waals surface area contributed by atoms with E-state index >= 15 is 0 Å². The van der Waals surface area contributed by atoms with Gasteiger partial charge >= 0.3 is 6.03 Å². The third kappa shape index (κ3) is 6.24. The van der Waals surface area contributed by atoms with Gasteiger partial charge in [-0.15, -0.1) is 0 Å². The molecule has 0 saturated carbocycles. The highest BCUT2D eigenvalue weighted by molar-refractivity contribution is 6.05. The van der Waals surface area contributed by atoms with Gasteiger partial charge in [-0.05, 0) is 76.3 Å². The number of rotatable bonds is 9. The highest BCUT2D eigenvalue weighted by atomic mass is 16.2. The molecule has 2 heterocycles. The lowest BCUT2D eigenvalue weighted by Gasteiger charge is -2.15. The Morgan fingerprint density at radius 2 is 1.76 bits per heavy atom. The van der Waals surface area contributed by atoms with Crippen LogP contribution in [-0.2, 0) is 0 Å². The van der Waals surface area contributed by atoms with Gasteiger partial charge in [0.15, 0.2) is 5.65 Å². The summed E-state index contributed by atoms with van der Waals surface area (Å²) in [5.74, 6) is -0.204. The topological polar surface area (TPSA) is 104 Å². The molecule has 9 nitrogen and oxygen atoms in total. The Hall–Kier alpha value is -4.50. The highest BCUT2D eigenvalue weighted by Gasteiger charge is 2.15. The van der Waals surface area contributed by atoms with Crippen molar-refractivity contribution in [1.29, 1.82) is 0 Å². The Morgan fingerprint density at radius 1 is 1.03 bits per heavy atom. The van der Waals surface area contributed by atoms with Gasteiger partial charge in [0.2, 0.25) is 0 Å². The Labute approximate surface area is 222 Å². The molecule has 0 unspecified atom stereocenters. The molecule has 0 radical (unpaired) electrons. The molecule has 0 aliphatic heterocycles. The van der Waals surface area contributed by atoms with E-state index in [1.807, 2.05) is 58.3 Å². The highest BCUT2D eigenvalue weighted by Crippen LogP contribution is 2.30. The number of aromatic nitrogens is 3. The van der Waals surface area contributed by atoms with Gasteiger partial charge in [0.1, 0.15) is 0 Å². The number of urea groups is 1. The van der Waals surface area contributed by atoms with Crippen molar-refractivity contribution < 1.29 is 9.59 Å². The standard InChI is InChI=1S/C29H33N7O2/c1-19(2)21-10-12-22(13-11-21)28(37)32-24-9-6-8-23(20(24)3)25-18-26(27-30-15-17-36(27)34-25)33-29(38)31-14-7-16-35(4)5/h6,8-13,15,17-18H,1,7,14,16H2,2-5H3,(H,32,37)(H2,31,33,38). The summed E-state index contributed by atoms with van der Waals surface area (Å²) in [7, 11) is 3.99. The maximum Gasteiger partial charge on any atom is 0.319 e. The van der Waals surface area contributed by atoms with Crippen LogP contribution >= 0.6 is 0 Å². The quantitative estimate of drug-likeness (QED) is 0.273. The van der Waals surface area contributed by atoms with E-state index in [-0.39, 0.29) is 11.9 Å². The molecule has 196 valence electrons. The van der Waals surface area contributed by atoms with E-state index in [0.29, 0.717) is 34.8 Å². The van der Waals surface area contributed by atoms with Gasteiger partial charge in [-0.2, -0.15) is 5.10 Å². The largest absolute Gasteiger partial charge is 0.338 e. The van der Waals surface area contributed by atoms with E-state index in [0.717, 1.165) is 35.2 Å². The molecule has 0 aliphatic carbocycles. The SMILES string of the molecule is C=C(C)c1ccc(C(=O)Nc2cccc(-c3cc(NC(=O)NCCCN(C)C)c4nccn4n3)c2C)cc1. The van der Waals surface area contributed by atoms with Crippen molar-refractivity contribution in [1.82, 2.24) is 24.8 Å². The third-order valence-electron chi connectivity index (χ3n) is 6.17. The molecule has 0 bridgehead atoms. The van der Waals surface area contributed by atoms with Gasteiger partial charge in [-0.1, -0.05) is 36.4 Å². The van der Waals surface area contributed by atoms with E-state index in [4.69, 9.17) is 0 Å². The predicted octanol–water partition coefficient (Wildman–Crippen LogP) is 5.06. The number of anilines is 2. The van der Waals surface area contributed by atoms with Crippen LogP contribution in [0.25, 0.3) is 22.5 Å². The van der Waals surface area contributed by atoms with Crippen LogP contribution in [0.5, 0.6) is 0 Å². The van der Waals surface area contributed by atoms with Crippen LogP contribution in [-0.4, -0.2) is 58.6 Å². The normalized spacial score (nSPS) is 11.0. The molecule has 9 heteroatoms. The number of benzene rings is 2. The smallest absolute Gasteiger partial charge is 0.319 e. The summed E-state index contributed by atoms with van der Waals surface area (Å²) in [5.41, 5.74) is 6.56. The molecule has 3 N–H and O–H groups in total. The number of hydrogen-bond acceptors (Lipinski definition) is 5. The van der Waals surface area contributed by atoms with E-state index < -0.39 is 0 Å². The van der Waals surface area contributed by atoms with Gasteiger partial charge in [-0.3, -0.25) is 4.79 Å². The van der Waals surface area contributed by atoms with Gasteiger partial charge in [0.05, 0.1) is 11.4 Å². The van der Waals surface area contributed by atoms with E-state index in [1.165, 1.54) is 0 Å². The molecule has 0 atom stereocenters. The van der Waals surface area contributed by atoms with Crippen LogP contribution in [0.4, 0.5) is 16.2 Å². The molecular weight excluding hydrogens is 478 g/mol. The van der Waals surface area contributed by atoms with Gasteiger partial charge in [0, 0.05) is 35.8 Å². The van der Waals surface area contributed by atoms with Crippen molar-refractivity contribution in [3.63, 3.8) is 0 Å². The van der Waals surface area contributed by atoms with Crippen LogP contribution in [0.15, 0.2) is 67.5 Å². The predicted molar refractivity (Wildman–Crippen MR) is 152 cm³/mol. The summed E-state index contributed by atoms with van der Waals surface area (Å²) in [4.78, 5) is 31.9. The Bertz CT molecular complexity index is 1470. The van der Waals surface area contributed by atoms with Crippen LogP contribution in [0.2, 0.25) is 0 Å². The Morgan fingerprint density at radius 3 is 2.47 bits per heavy atom. The average molecular weight is 512 g/mol. The molecule has 0 aliphatic rings. The molecule has 2 aromatic heterocycles. The molecule has 3 amide bonds. The van der Waals surface area contributed by atoms with Crippen LogP contribution in [0, 0.1) is 6.92 Å². The average Bonchev–Trinajstić information content (AvgIpc) is 3.37. The number of fused-ring (bicyclic) bond motifs is 1. The summed E-state index contributed by atoms with van der Waals surface area (Å²) in [6.45, 7) is 9.24. The van der Waals surface area contributed by atoms with Crippen molar-refractivity contribution in [2.24, 2.45) is 0 Å². The number of carbonyl (C=O) groups is 2. The second kappa shape index (κ2) is 11.7. The van der Waals surface area contributed by atoms with E-state index in [9.17, 15) is 9.59 Å². The number of allylic oxidation sites excluding steroid dienone is 1. The first-order chi connectivity index (χ1) is 18.2. The van der Waals surface area contributed by atoms with Gasteiger partial charge < -0.3 is 20.9 Å². The van der Waals surface area contributed by atoms with E-state index in [2.05, 4.69) is 37.5 Å². The summed E-state index contributed by atoms with van der Waals surface area (Å²) < 4.78 is 1.63. The fourth-order valence-electron chi connectivity index (χ4n) is 4.05. The van der Waals surface area contributed by atoms with Crippen LogP contribution in [0.1, 0.15) is 34.8 Å². The number of amides is 3. The molecule has 0 spiro atoms. The maximum atomic E-state index is 12.9. The summed E-state index contributed by atoms with van der Waals surface area (Å²) in [5, 5.41) is 13.5. The zero-order valence-corrected chi connectivity index (χ0v) is 22.2. The number of hydrogen-bond donors (Lipinski definition) is 3. The van der Waals surface area contributed by atoms with Gasteiger partial charge in [0.25, 0.3) is 5.91 Å². The minimum atomic E-state index is -0.304. The fraction of sp³-hybridized carbons (Fsp3) is 0.241. The molecular formula is C29H33N7O2. The number of imidazole rings is 1. The Kier molecular flexibility index (Phi) is 8.18. The lowest BCUT2D eigenvalue weighted by Crippen LogP contribution is -2.31. The lowest BCUT2D eigenvalue weighted by atomic mass is 10.0. The first-order valence-electron chi connectivity index (χ1n) is 12.4. The monoisotopic (exact) mass is 511 g/mol. The number of carbonyl (C=O) groups excluding carboxylic acids is 2. The van der Waals surface area contributed by atoms with Crippen LogP contribution in [0.3, 0.4) is 0 Å². The van der Waals surface area contributed by atoms with Crippen molar-refractivity contribution in [3.05, 3.63) is 84.2 Å². The summed E-state index contributed by atoms with van der Waals surface area (Å²) in [6.07, 6.45) is 4.21. The summed E-state index contributed by atoms with van der Waals surface area (Å²) >= 11 is 0. The third-order valence-corrected chi connectivity index (χ3v) is 6.17. The van der Waals surface area contributed by atoms with E-state index in [1.54, 1.807) is 35.1 Å². The molecule has 0 fully saturated rings. The summed E-state index contributed by atoms with van der Waals surface area (Å²) in [6, 6.07) is 14.5. The second-order valence-electron chi connectivity index (χ2n) is 9.47. The zero-order chi connectivity index (χ0) is 27.2. The molecule has 4 rings (SSSR count). The second-order valence-corrected chi connectivity index (χ2v) is 9.47. The molecule has 38 heavy (non-hydrogen) atoms. The van der Waals surface area contributed by atoms with Crippen molar-refractivity contribution in [3.8, 4) is 11.3 Å². The molecule has 0 saturated heterocycles. The van der Waals surface area contributed by atoms with Crippen molar-refractivity contribution in [2.75, 3.05) is 37.8 Å². The number of nitrogens with zero attached hydrogens (tertiary/aromatic N) is 4. The first kappa shape index (κ1) is 26.6. The van der Waals surface area contributed by atoms with Crippen molar-refractivity contribution in [2.45, 2.75) is 20.3 Å². The first-order valence-corrected chi connectivity index (χ1v) is 12.4. The molecule has 2 aromatic carbocycles. The Balaban J connectivity index is 1.56.